The first-order valence-electron chi connectivity index (χ1n) is 34.6. The number of allylic oxidation sites excluding steroid dienone is 1. The summed E-state index contributed by atoms with van der Waals surface area (Å²) in [6.45, 7) is 2.15. The van der Waals surface area contributed by atoms with Gasteiger partial charge in [-0.25, -0.2) is 4.79 Å². The number of carbonyl (C=O) groups excluding carboxylic acids is 2. The maximum absolute atomic E-state index is 13.4. The molecule has 522 valence electrons. The van der Waals surface area contributed by atoms with Gasteiger partial charge in [0.15, 0.2) is 12.6 Å². The Kier molecular flexibility index (Phi) is 43.0. The lowest BCUT2D eigenvalue weighted by Gasteiger charge is -2.50. The number of carboxylic acids is 1. The van der Waals surface area contributed by atoms with E-state index in [1.54, 1.807) is 6.08 Å². The fourth-order valence-electron chi connectivity index (χ4n) is 12.2. The minimum absolute atomic E-state index is 0.205. The first kappa shape index (κ1) is 80.7. The Balaban J connectivity index is 1.61. The molecule has 2 amide bonds. The van der Waals surface area contributed by atoms with E-state index < -0.39 is 155 Å². The summed E-state index contributed by atoms with van der Waals surface area (Å²) in [5.41, 5.74) is 0. The van der Waals surface area contributed by atoms with Gasteiger partial charge in [0.2, 0.25) is 11.8 Å². The fraction of sp³-hybridized carbons (Fsp3) is 0.924. The molecule has 18 unspecified atom stereocenters. The lowest BCUT2D eigenvalue weighted by atomic mass is 9.88. The summed E-state index contributed by atoms with van der Waals surface area (Å²) >= 11 is 0. The lowest BCUT2D eigenvalue weighted by Crippen LogP contribution is -2.70. The highest BCUT2D eigenvalue weighted by atomic mass is 16.8. The van der Waals surface area contributed by atoms with E-state index >= 15 is 0 Å². The number of hydrogen-bond donors (Lipinski definition) is 14. The van der Waals surface area contributed by atoms with Crippen LogP contribution in [0.15, 0.2) is 12.2 Å². The Hall–Kier alpha value is -2.53. The van der Waals surface area contributed by atoms with Gasteiger partial charge in [-0.3, -0.25) is 9.59 Å². The SMILES string of the molecule is CCCCCCCCCCCCCCCCCCCC/C=C/C(O)C(COC1OC(CO)C(OC2OC(CO)C(O)C(OC3(C(=O)O)CC(O)C(NC(C)=O)C(C(O)C(O)CO)O3)C2O)C(O)C1O)NC(=O)CCCCCCCCCCCCCCCCC. The normalized spacial score (nSPS) is 28.8. The van der Waals surface area contributed by atoms with Gasteiger partial charge < -0.3 is 100 Å². The quantitative estimate of drug-likeness (QED) is 0.0249. The number of aliphatic carboxylic acids is 1. The van der Waals surface area contributed by atoms with Crippen molar-refractivity contribution in [3.63, 3.8) is 0 Å². The first-order chi connectivity index (χ1) is 42.9. The zero-order valence-electron chi connectivity index (χ0n) is 54.3. The van der Waals surface area contributed by atoms with E-state index in [9.17, 15) is 75.7 Å². The third-order valence-corrected chi connectivity index (χ3v) is 17.7. The van der Waals surface area contributed by atoms with Gasteiger partial charge in [0.25, 0.3) is 5.79 Å². The van der Waals surface area contributed by atoms with Gasteiger partial charge in [-0.15, -0.1) is 0 Å². The summed E-state index contributed by atoms with van der Waals surface area (Å²) in [6.07, 6.45) is 15.4. The van der Waals surface area contributed by atoms with Crippen LogP contribution in [0.25, 0.3) is 0 Å². The Labute approximate surface area is 531 Å². The molecule has 23 heteroatoms. The Morgan fingerprint density at radius 3 is 1.49 bits per heavy atom. The number of aliphatic hydroxyl groups is 11. The molecule has 0 radical (unpaired) electrons. The number of nitrogens with one attached hydrogen (secondary N) is 2. The molecule has 0 saturated carbocycles. The predicted octanol–water partition coefficient (Wildman–Crippen LogP) is 5.90. The van der Waals surface area contributed by atoms with E-state index in [1.165, 1.54) is 161 Å². The van der Waals surface area contributed by atoms with E-state index in [0.717, 1.165) is 51.9 Å². The molecule has 3 saturated heterocycles. The van der Waals surface area contributed by atoms with Crippen molar-refractivity contribution >= 4 is 17.8 Å². The number of aliphatic hydroxyl groups excluding tert-OH is 11. The van der Waals surface area contributed by atoms with Crippen LogP contribution in [0.4, 0.5) is 0 Å². The third-order valence-electron chi connectivity index (χ3n) is 17.7. The van der Waals surface area contributed by atoms with Crippen LogP contribution in [-0.2, 0) is 42.8 Å². The molecule has 3 aliphatic heterocycles. The molecular formula is C66H122N2O21. The van der Waals surface area contributed by atoms with Gasteiger partial charge in [-0.05, 0) is 19.3 Å². The van der Waals surface area contributed by atoms with E-state index in [0.29, 0.717) is 12.8 Å². The summed E-state index contributed by atoms with van der Waals surface area (Å²) in [6, 6.07) is -2.61. The van der Waals surface area contributed by atoms with Crippen LogP contribution in [0.2, 0.25) is 0 Å². The van der Waals surface area contributed by atoms with E-state index in [1.807, 2.05) is 6.08 Å². The minimum atomic E-state index is -3.08. The molecule has 0 bridgehead atoms. The Morgan fingerprint density at radius 2 is 1.04 bits per heavy atom. The van der Waals surface area contributed by atoms with Crippen molar-refractivity contribution in [1.82, 2.24) is 10.6 Å². The molecule has 3 rings (SSSR count). The average Bonchev–Trinajstić information content (AvgIpc) is 0.872. The zero-order chi connectivity index (χ0) is 65.4. The van der Waals surface area contributed by atoms with Crippen LogP contribution in [-0.4, -0.2) is 215 Å². The molecule has 0 aliphatic carbocycles. The predicted molar refractivity (Wildman–Crippen MR) is 334 cm³/mol. The van der Waals surface area contributed by atoms with Crippen LogP contribution in [0.3, 0.4) is 0 Å². The maximum atomic E-state index is 13.4. The number of rotatable bonds is 52. The van der Waals surface area contributed by atoms with E-state index in [2.05, 4.69) is 24.5 Å². The number of amides is 2. The van der Waals surface area contributed by atoms with Crippen LogP contribution in [0.5, 0.6) is 0 Å². The molecular weight excluding hydrogens is 1160 g/mol. The zero-order valence-corrected chi connectivity index (χ0v) is 54.3. The second-order valence-electron chi connectivity index (χ2n) is 25.4. The van der Waals surface area contributed by atoms with Crippen LogP contribution in [0.1, 0.15) is 252 Å². The second-order valence-corrected chi connectivity index (χ2v) is 25.4. The van der Waals surface area contributed by atoms with Crippen molar-refractivity contribution in [3.8, 4) is 0 Å². The first-order valence-corrected chi connectivity index (χ1v) is 34.6. The van der Waals surface area contributed by atoms with Crippen molar-refractivity contribution in [2.45, 2.75) is 362 Å². The third kappa shape index (κ3) is 30.2. The van der Waals surface area contributed by atoms with Crippen LogP contribution < -0.4 is 10.6 Å². The van der Waals surface area contributed by atoms with Crippen molar-refractivity contribution < 1.29 is 104 Å². The highest BCUT2D eigenvalue weighted by Crippen LogP contribution is 2.39. The van der Waals surface area contributed by atoms with Crippen molar-refractivity contribution in [2.24, 2.45) is 0 Å². The van der Waals surface area contributed by atoms with Gasteiger partial charge in [0.1, 0.15) is 67.1 Å². The van der Waals surface area contributed by atoms with E-state index in [4.69, 9.17) is 28.4 Å². The lowest BCUT2D eigenvalue weighted by molar-refractivity contribution is -0.386. The molecule has 14 N–H and O–H groups in total. The van der Waals surface area contributed by atoms with E-state index in [-0.39, 0.29) is 12.3 Å². The van der Waals surface area contributed by atoms with Crippen molar-refractivity contribution in [3.05, 3.63) is 12.2 Å². The number of unbranched alkanes of at least 4 members (excludes halogenated alkanes) is 32. The van der Waals surface area contributed by atoms with Gasteiger partial charge in [0, 0.05) is 19.8 Å². The van der Waals surface area contributed by atoms with Gasteiger partial charge in [0.05, 0.1) is 50.7 Å². The highest BCUT2D eigenvalue weighted by Gasteiger charge is 2.60. The van der Waals surface area contributed by atoms with Crippen molar-refractivity contribution in [1.29, 1.82) is 0 Å². The average molecular weight is 1280 g/mol. The standard InChI is InChI=1S/C66H122N2O21/c1-4-6-8-10-12-14-16-18-20-21-22-23-24-26-27-29-31-33-35-37-39-48(73)47(68-53(76)40-38-36-34-32-30-28-25-19-17-15-13-11-9-7-5-2)45-84-63-58(80)57(79)60(52(44-71)86-63)87-64-59(81)62(56(78)51(43-70)85-64)89-66(65(82)83)41-49(74)54(67-46(3)72)61(88-66)55(77)50(75)42-69/h37,39,47-52,54-64,69-71,73-75,77-81H,4-36,38,40-45H2,1-3H3,(H,67,72)(H,68,76)(H,82,83)/b39-37+. The molecule has 0 aromatic carbocycles. The summed E-state index contributed by atoms with van der Waals surface area (Å²) < 4.78 is 34.8. The van der Waals surface area contributed by atoms with Crippen LogP contribution in [0, 0.1) is 0 Å². The molecule has 18 atom stereocenters. The van der Waals surface area contributed by atoms with Crippen LogP contribution >= 0.6 is 0 Å². The molecule has 3 aliphatic rings. The molecule has 3 fully saturated rings. The van der Waals surface area contributed by atoms with Gasteiger partial charge >= 0.3 is 5.97 Å². The molecule has 0 spiro atoms. The minimum Gasteiger partial charge on any atom is -0.477 e. The number of carbonyl (C=O) groups is 3. The van der Waals surface area contributed by atoms with Gasteiger partial charge in [-0.2, -0.15) is 0 Å². The Bertz CT molecular complexity index is 1860. The van der Waals surface area contributed by atoms with Crippen molar-refractivity contribution in [2.75, 3.05) is 26.4 Å². The second kappa shape index (κ2) is 47.4. The highest BCUT2D eigenvalue weighted by molar-refractivity contribution is 5.77. The molecule has 0 aromatic heterocycles. The topological polar surface area (TPSA) is 373 Å². The molecule has 23 nitrogen and oxygen atoms in total. The largest absolute Gasteiger partial charge is 0.477 e. The molecule has 3 heterocycles. The molecule has 0 aromatic rings. The smallest absolute Gasteiger partial charge is 0.364 e. The summed E-state index contributed by atoms with van der Waals surface area (Å²) in [5, 5.41) is 136. The number of carboxylic acid groups (broad SMARTS) is 1. The maximum Gasteiger partial charge on any atom is 0.364 e. The molecule has 89 heavy (non-hydrogen) atoms. The number of ether oxygens (including phenoxy) is 6. The monoisotopic (exact) mass is 1280 g/mol. The van der Waals surface area contributed by atoms with Gasteiger partial charge in [-0.1, -0.05) is 225 Å². The summed E-state index contributed by atoms with van der Waals surface area (Å²) in [7, 11) is 0. The summed E-state index contributed by atoms with van der Waals surface area (Å²) in [4.78, 5) is 38.5. The summed E-state index contributed by atoms with van der Waals surface area (Å²) in [5.74, 6) is -6.14. The fourth-order valence-corrected chi connectivity index (χ4v) is 12.2. The Morgan fingerprint density at radius 1 is 0.584 bits per heavy atom. The number of hydrogen-bond acceptors (Lipinski definition) is 20.